The van der Waals surface area contributed by atoms with Crippen LogP contribution in [-0.4, -0.2) is 52.2 Å². The van der Waals surface area contributed by atoms with E-state index in [2.05, 4.69) is 0 Å². The van der Waals surface area contributed by atoms with E-state index >= 15 is 0 Å². The zero-order valence-corrected chi connectivity index (χ0v) is 13.0. The number of aliphatic hydroxyl groups is 1. The molecule has 0 radical (unpaired) electrons. The second-order valence-electron chi connectivity index (χ2n) is 6.43. The fourth-order valence-electron chi connectivity index (χ4n) is 4.02. The Labute approximate surface area is 138 Å². The third kappa shape index (κ3) is 2.08. The third-order valence-electron chi connectivity index (χ3n) is 4.99. The maximum atomic E-state index is 12.7. The molecule has 3 heterocycles. The molecule has 3 aliphatic rings. The van der Waals surface area contributed by atoms with Gasteiger partial charge in [0, 0.05) is 6.92 Å². The lowest BCUT2D eigenvalue weighted by molar-refractivity contribution is -0.157. The van der Waals surface area contributed by atoms with Gasteiger partial charge in [0.15, 0.2) is 6.10 Å². The van der Waals surface area contributed by atoms with Gasteiger partial charge in [0.25, 0.3) is 0 Å². The van der Waals surface area contributed by atoms with E-state index in [4.69, 9.17) is 9.47 Å². The van der Waals surface area contributed by atoms with Crippen molar-refractivity contribution >= 4 is 17.8 Å². The highest BCUT2D eigenvalue weighted by atomic mass is 16.6. The molecule has 4 rings (SSSR count). The number of likely N-dealkylation sites (tertiary alicyclic amines) is 1. The Morgan fingerprint density at radius 2 is 1.79 bits per heavy atom. The Bertz CT molecular complexity index is 704. The predicted molar refractivity (Wildman–Crippen MR) is 79.2 cm³/mol. The lowest BCUT2D eigenvalue weighted by Crippen LogP contribution is -2.49. The Kier molecular flexibility index (Phi) is 3.43. The van der Waals surface area contributed by atoms with Crippen molar-refractivity contribution in [3.63, 3.8) is 0 Å². The number of hydrogen-bond acceptors (Lipinski definition) is 6. The van der Waals surface area contributed by atoms with Crippen LogP contribution in [0, 0.1) is 11.8 Å². The first kappa shape index (κ1) is 15.3. The lowest BCUT2D eigenvalue weighted by Gasteiger charge is -2.28. The molecule has 1 aromatic carbocycles. The third-order valence-corrected chi connectivity index (χ3v) is 4.99. The molecule has 0 saturated carbocycles. The smallest absolute Gasteiger partial charge is 0.303 e. The Morgan fingerprint density at radius 1 is 1.17 bits per heavy atom. The van der Waals surface area contributed by atoms with Gasteiger partial charge in [-0.05, 0) is 5.56 Å². The highest BCUT2D eigenvalue weighted by molar-refractivity contribution is 6.06. The van der Waals surface area contributed by atoms with Crippen molar-refractivity contribution in [3.8, 4) is 0 Å². The second-order valence-corrected chi connectivity index (χ2v) is 6.43. The Balaban J connectivity index is 1.59. The van der Waals surface area contributed by atoms with Crippen LogP contribution in [0.25, 0.3) is 0 Å². The molecule has 0 aromatic heterocycles. The van der Waals surface area contributed by atoms with Crippen LogP contribution in [-0.2, 0) is 30.4 Å². The summed E-state index contributed by atoms with van der Waals surface area (Å²) in [6, 6.07) is 9.23. The van der Waals surface area contributed by atoms with E-state index in [1.165, 1.54) is 11.8 Å². The molecule has 1 aromatic rings. The van der Waals surface area contributed by atoms with E-state index in [0.717, 1.165) is 5.56 Å². The van der Waals surface area contributed by atoms with Crippen LogP contribution >= 0.6 is 0 Å². The molecule has 2 amide bonds. The van der Waals surface area contributed by atoms with Gasteiger partial charge in [0.1, 0.15) is 18.3 Å². The number of amides is 2. The summed E-state index contributed by atoms with van der Waals surface area (Å²) in [6.45, 7) is 1.43. The minimum Gasteiger partial charge on any atom is -0.457 e. The van der Waals surface area contributed by atoms with Crippen LogP contribution in [0.2, 0.25) is 0 Å². The van der Waals surface area contributed by atoms with Crippen molar-refractivity contribution in [1.82, 2.24) is 4.90 Å². The Hall–Kier alpha value is -2.25. The van der Waals surface area contributed by atoms with Gasteiger partial charge in [-0.1, -0.05) is 30.3 Å². The molecule has 3 saturated heterocycles. The molecule has 7 heteroatoms. The van der Waals surface area contributed by atoms with Gasteiger partial charge in [-0.2, -0.15) is 0 Å². The SMILES string of the molecule is CC(=O)OC1C2O[C@H](C1O)C1C(=O)N(Cc3ccccc3)C(=O)C21. The Morgan fingerprint density at radius 3 is 2.42 bits per heavy atom. The molecular formula is C17H17NO6. The number of esters is 1. The summed E-state index contributed by atoms with van der Waals surface area (Å²) in [5.74, 6) is -2.61. The van der Waals surface area contributed by atoms with Gasteiger partial charge in [-0.3, -0.25) is 19.3 Å². The van der Waals surface area contributed by atoms with Crippen LogP contribution < -0.4 is 0 Å². The molecule has 2 bridgehead atoms. The van der Waals surface area contributed by atoms with E-state index in [9.17, 15) is 19.5 Å². The second kappa shape index (κ2) is 5.39. The first-order valence-electron chi connectivity index (χ1n) is 7.89. The number of benzene rings is 1. The van der Waals surface area contributed by atoms with Crippen molar-refractivity contribution in [2.24, 2.45) is 11.8 Å². The van der Waals surface area contributed by atoms with E-state index in [1.807, 2.05) is 30.3 Å². The summed E-state index contributed by atoms with van der Waals surface area (Å²) in [5.41, 5.74) is 0.851. The van der Waals surface area contributed by atoms with Crippen LogP contribution in [0.1, 0.15) is 12.5 Å². The van der Waals surface area contributed by atoms with Crippen molar-refractivity contribution in [2.75, 3.05) is 0 Å². The number of carbonyl (C=O) groups is 3. The zero-order valence-electron chi connectivity index (χ0n) is 13.0. The first-order valence-corrected chi connectivity index (χ1v) is 7.89. The van der Waals surface area contributed by atoms with E-state index in [-0.39, 0.29) is 18.4 Å². The molecule has 3 fully saturated rings. The molecule has 3 aliphatic heterocycles. The molecule has 6 atom stereocenters. The highest BCUT2D eigenvalue weighted by Crippen LogP contribution is 2.49. The molecule has 0 aliphatic carbocycles. The number of fused-ring (bicyclic) bond motifs is 5. The van der Waals surface area contributed by atoms with Crippen molar-refractivity contribution in [2.45, 2.75) is 37.9 Å². The summed E-state index contributed by atoms with van der Waals surface area (Å²) in [5, 5.41) is 10.3. The first-order chi connectivity index (χ1) is 11.5. The van der Waals surface area contributed by atoms with E-state index in [0.29, 0.717) is 0 Å². The molecule has 24 heavy (non-hydrogen) atoms. The van der Waals surface area contributed by atoms with Crippen molar-refractivity contribution in [1.29, 1.82) is 0 Å². The summed E-state index contributed by atoms with van der Waals surface area (Å²) in [7, 11) is 0. The zero-order chi connectivity index (χ0) is 17.0. The molecule has 5 unspecified atom stereocenters. The predicted octanol–water partition coefficient (Wildman–Crippen LogP) is -0.139. The normalized spacial score (nSPS) is 37.0. The highest BCUT2D eigenvalue weighted by Gasteiger charge is 2.69. The van der Waals surface area contributed by atoms with Crippen molar-refractivity contribution in [3.05, 3.63) is 35.9 Å². The maximum Gasteiger partial charge on any atom is 0.303 e. The molecule has 1 N–H and O–H groups in total. The number of rotatable bonds is 3. The van der Waals surface area contributed by atoms with Gasteiger partial charge in [-0.25, -0.2) is 0 Å². The summed E-state index contributed by atoms with van der Waals surface area (Å²) in [4.78, 5) is 37.8. The molecular weight excluding hydrogens is 314 g/mol. The van der Waals surface area contributed by atoms with Crippen LogP contribution in [0.3, 0.4) is 0 Å². The fraction of sp³-hybridized carbons (Fsp3) is 0.471. The van der Waals surface area contributed by atoms with Crippen LogP contribution in [0.4, 0.5) is 0 Å². The summed E-state index contributed by atoms with van der Waals surface area (Å²) >= 11 is 0. The standard InChI is InChI=1S/C17H17NO6/c1-8(19)23-15-12(20)13-10-11(14(15)24-13)17(22)18(16(10)21)7-9-5-3-2-4-6-9/h2-6,10-15,20H,7H2,1H3/t10?,11?,12?,13-,14?,15?/m0/s1. The van der Waals surface area contributed by atoms with Gasteiger partial charge in [0.05, 0.1) is 18.4 Å². The quantitative estimate of drug-likeness (QED) is 0.612. The minimum atomic E-state index is -1.09. The lowest BCUT2D eigenvalue weighted by atomic mass is 9.78. The number of ether oxygens (including phenoxy) is 2. The summed E-state index contributed by atoms with van der Waals surface area (Å²) < 4.78 is 10.7. The molecule has 126 valence electrons. The number of aliphatic hydroxyl groups excluding tert-OH is 1. The van der Waals surface area contributed by atoms with Crippen LogP contribution in [0.5, 0.6) is 0 Å². The van der Waals surface area contributed by atoms with Gasteiger partial charge in [-0.15, -0.1) is 0 Å². The number of hydrogen-bond donors (Lipinski definition) is 1. The molecule has 7 nitrogen and oxygen atoms in total. The average molecular weight is 331 g/mol. The van der Waals surface area contributed by atoms with Crippen molar-refractivity contribution < 1.29 is 29.0 Å². The minimum absolute atomic E-state index is 0.194. The van der Waals surface area contributed by atoms with Gasteiger partial charge >= 0.3 is 5.97 Å². The van der Waals surface area contributed by atoms with Gasteiger partial charge < -0.3 is 14.6 Å². The van der Waals surface area contributed by atoms with Gasteiger partial charge in [0.2, 0.25) is 11.8 Å². The molecule has 0 spiro atoms. The van der Waals surface area contributed by atoms with E-state index in [1.54, 1.807) is 0 Å². The fourth-order valence-corrected chi connectivity index (χ4v) is 4.02. The average Bonchev–Trinajstić information content (AvgIpc) is 3.16. The monoisotopic (exact) mass is 331 g/mol. The largest absolute Gasteiger partial charge is 0.457 e. The maximum absolute atomic E-state index is 12.7. The topological polar surface area (TPSA) is 93.1 Å². The number of nitrogens with zero attached hydrogens (tertiary/aromatic N) is 1. The van der Waals surface area contributed by atoms with Crippen LogP contribution in [0.15, 0.2) is 30.3 Å². The number of imide groups is 1. The number of carbonyl (C=O) groups excluding carboxylic acids is 3. The van der Waals surface area contributed by atoms with E-state index < -0.39 is 42.2 Å². The summed E-state index contributed by atoms with van der Waals surface area (Å²) in [6.07, 6.45) is -3.56.